The normalized spacial score (nSPS) is 24.3. The number of carbonyl (C=O) groups excluding carboxylic acids is 1. The van der Waals surface area contributed by atoms with Crippen LogP contribution < -0.4 is 4.74 Å². The number of rotatable bonds is 4. The van der Waals surface area contributed by atoms with Gasteiger partial charge in [-0.1, -0.05) is 19.1 Å². The van der Waals surface area contributed by atoms with E-state index in [-0.39, 0.29) is 0 Å². The summed E-state index contributed by atoms with van der Waals surface area (Å²) in [6.07, 6.45) is 3.44. The summed E-state index contributed by atoms with van der Waals surface area (Å²) in [6, 6.07) is 7.32. The van der Waals surface area contributed by atoms with Crippen molar-refractivity contribution in [3.63, 3.8) is 0 Å². The van der Waals surface area contributed by atoms with Crippen molar-refractivity contribution in [2.24, 2.45) is 11.8 Å². The largest absolute Gasteiger partial charge is 0.493 e. The Morgan fingerprint density at radius 1 is 1.47 bits per heavy atom. The first-order valence-electron chi connectivity index (χ1n) is 5.47. The summed E-state index contributed by atoms with van der Waals surface area (Å²) in [6.45, 7) is 3.04. The minimum absolute atomic E-state index is 0.675. The van der Waals surface area contributed by atoms with Gasteiger partial charge in [0.15, 0.2) is 0 Å². The zero-order valence-electron chi connectivity index (χ0n) is 8.98. The Kier molecular flexibility index (Phi) is 3.05. The summed E-state index contributed by atoms with van der Waals surface area (Å²) in [5.41, 5.74) is 0.675. The van der Waals surface area contributed by atoms with Crippen LogP contribution >= 0.6 is 0 Å². The van der Waals surface area contributed by atoms with Crippen molar-refractivity contribution in [1.29, 1.82) is 0 Å². The molecule has 1 aliphatic rings. The summed E-state index contributed by atoms with van der Waals surface area (Å²) in [4.78, 5) is 10.6. The average Bonchev–Trinajstić information content (AvgIpc) is 2.27. The molecule has 0 radical (unpaired) electrons. The predicted molar refractivity (Wildman–Crippen MR) is 59.2 cm³/mol. The van der Waals surface area contributed by atoms with Crippen molar-refractivity contribution >= 4 is 6.29 Å². The van der Waals surface area contributed by atoms with Crippen LogP contribution in [0, 0.1) is 11.8 Å². The maximum Gasteiger partial charge on any atom is 0.150 e. The molecule has 2 rings (SSSR count). The molecule has 1 saturated carbocycles. The second kappa shape index (κ2) is 4.47. The van der Waals surface area contributed by atoms with E-state index in [2.05, 4.69) is 6.92 Å². The van der Waals surface area contributed by atoms with E-state index in [1.807, 2.05) is 12.1 Å². The maximum atomic E-state index is 10.6. The summed E-state index contributed by atoms with van der Waals surface area (Å²) in [7, 11) is 0. The van der Waals surface area contributed by atoms with Crippen LogP contribution in [0.25, 0.3) is 0 Å². The molecule has 0 unspecified atom stereocenters. The number of benzene rings is 1. The molecule has 2 nitrogen and oxygen atoms in total. The third-order valence-electron chi connectivity index (χ3n) is 3.26. The van der Waals surface area contributed by atoms with Crippen LogP contribution in [-0.4, -0.2) is 12.9 Å². The lowest BCUT2D eigenvalue weighted by Crippen LogP contribution is -2.28. The highest BCUT2D eigenvalue weighted by molar-refractivity contribution is 5.75. The molecule has 0 aromatic heterocycles. The van der Waals surface area contributed by atoms with E-state index in [1.54, 1.807) is 12.1 Å². The molecule has 0 heterocycles. The third kappa shape index (κ3) is 2.38. The van der Waals surface area contributed by atoms with Crippen LogP contribution in [0.15, 0.2) is 24.3 Å². The van der Waals surface area contributed by atoms with E-state index in [9.17, 15) is 4.79 Å². The minimum atomic E-state index is 0.675. The van der Waals surface area contributed by atoms with E-state index in [4.69, 9.17) is 4.74 Å². The van der Waals surface area contributed by atoms with Crippen LogP contribution in [0.4, 0.5) is 0 Å². The lowest BCUT2D eigenvalue weighted by molar-refractivity contribution is 0.111. The molecular formula is C13H16O2. The first kappa shape index (κ1) is 10.2. The fraction of sp³-hybridized carbons (Fsp3) is 0.462. The monoisotopic (exact) mass is 204 g/mol. The van der Waals surface area contributed by atoms with Gasteiger partial charge in [0, 0.05) is 5.56 Å². The molecule has 1 fully saturated rings. The second-order valence-electron chi connectivity index (χ2n) is 4.32. The average molecular weight is 204 g/mol. The highest BCUT2D eigenvalue weighted by Crippen LogP contribution is 2.33. The van der Waals surface area contributed by atoms with E-state index < -0.39 is 0 Å². The number of hydrogen-bond acceptors (Lipinski definition) is 2. The van der Waals surface area contributed by atoms with Crippen LogP contribution in [-0.2, 0) is 0 Å². The van der Waals surface area contributed by atoms with Gasteiger partial charge in [-0.05, 0) is 36.8 Å². The Bertz CT molecular complexity index is 346. The molecule has 1 aromatic carbocycles. The maximum absolute atomic E-state index is 10.6. The number of ether oxygens (including phenoxy) is 1. The van der Waals surface area contributed by atoms with Crippen molar-refractivity contribution < 1.29 is 9.53 Å². The van der Waals surface area contributed by atoms with Crippen molar-refractivity contribution in [3.8, 4) is 5.75 Å². The van der Waals surface area contributed by atoms with Crippen LogP contribution in [0.3, 0.4) is 0 Å². The minimum Gasteiger partial charge on any atom is -0.493 e. The molecule has 0 amide bonds. The predicted octanol–water partition coefficient (Wildman–Crippen LogP) is 2.92. The molecule has 0 bridgehead atoms. The van der Waals surface area contributed by atoms with E-state index in [1.165, 1.54) is 12.8 Å². The SMILES string of the molecule is C[C@@H]1CC[C@H]1COc1cccc(C=O)c1. The third-order valence-corrected chi connectivity index (χ3v) is 3.26. The summed E-state index contributed by atoms with van der Waals surface area (Å²) < 4.78 is 5.66. The Morgan fingerprint density at radius 3 is 2.93 bits per heavy atom. The van der Waals surface area contributed by atoms with Crippen LogP contribution in [0.2, 0.25) is 0 Å². The number of carbonyl (C=O) groups is 1. The van der Waals surface area contributed by atoms with Gasteiger partial charge in [-0.2, -0.15) is 0 Å². The van der Waals surface area contributed by atoms with Crippen molar-refractivity contribution in [2.75, 3.05) is 6.61 Å². The Labute approximate surface area is 90.3 Å². The van der Waals surface area contributed by atoms with Crippen molar-refractivity contribution in [3.05, 3.63) is 29.8 Å². The van der Waals surface area contributed by atoms with Gasteiger partial charge in [0.05, 0.1) is 6.61 Å². The molecule has 0 N–H and O–H groups in total. The molecule has 0 spiro atoms. The van der Waals surface area contributed by atoms with Crippen LogP contribution in [0.1, 0.15) is 30.1 Å². The van der Waals surface area contributed by atoms with Gasteiger partial charge in [-0.25, -0.2) is 0 Å². The Hall–Kier alpha value is -1.31. The van der Waals surface area contributed by atoms with Gasteiger partial charge in [0.1, 0.15) is 12.0 Å². The zero-order chi connectivity index (χ0) is 10.7. The van der Waals surface area contributed by atoms with Crippen LogP contribution in [0.5, 0.6) is 5.75 Å². The smallest absolute Gasteiger partial charge is 0.150 e. The molecule has 0 aliphatic heterocycles. The summed E-state index contributed by atoms with van der Waals surface area (Å²) >= 11 is 0. The number of hydrogen-bond donors (Lipinski definition) is 0. The van der Waals surface area contributed by atoms with Gasteiger partial charge in [0.25, 0.3) is 0 Å². The number of aldehydes is 1. The van der Waals surface area contributed by atoms with Gasteiger partial charge < -0.3 is 4.74 Å². The molecule has 15 heavy (non-hydrogen) atoms. The molecule has 1 aromatic rings. The van der Waals surface area contributed by atoms with Gasteiger partial charge in [-0.3, -0.25) is 4.79 Å². The molecule has 1 aliphatic carbocycles. The Morgan fingerprint density at radius 2 is 2.33 bits per heavy atom. The summed E-state index contributed by atoms with van der Waals surface area (Å²) in [5.74, 6) is 2.29. The fourth-order valence-corrected chi connectivity index (χ4v) is 1.86. The first-order chi connectivity index (χ1) is 7.29. The highest BCUT2D eigenvalue weighted by Gasteiger charge is 2.26. The van der Waals surface area contributed by atoms with E-state index >= 15 is 0 Å². The first-order valence-corrected chi connectivity index (χ1v) is 5.47. The van der Waals surface area contributed by atoms with Gasteiger partial charge >= 0.3 is 0 Å². The molecule has 80 valence electrons. The van der Waals surface area contributed by atoms with E-state index in [0.717, 1.165) is 24.6 Å². The lowest BCUT2D eigenvalue weighted by atomic mass is 9.75. The van der Waals surface area contributed by atoms with Gasteiger partial charge in [-0.15, -0.1) is 0 Å². The topological polar surface area (TPSA) is 26.3 Å². The highest BCUT2D eigenvalue weighted by atomic mass is 16.5. The lowest BCUT2D eigenvalue weighted by Gasteiger charge is -2.33. The standard InChI is InChI=1S/C13H16O2/c1-10-5-6-12(10)9-15-13-4-2-3-11(7-13)8-14/h2-4,7-8,10,12H,5-6,9H2,1H3/t10-,12+/m1/s1. The molecular weight excluding hydrogens is 188 g/mol. The quantitative estimate of drug-likeness (QED) is 0.705. The molecule has 2 heteroatoms. The molecule has 2 atom stereocenters. The van der Waals surface area contributed by atoms with Gasteiger partial charge in [0.2, 0.25) is 0 Å². The zero-order valence-corrected chi connectivity index (χ0v) is 8.98. The van der Waals surface area contributed by atoms with Crippen molar-refractivity contribution in [1.82, 2.24) is 0 Å². The second-order valence-corrected chi connectivity index (χ2v) is 4.32. The van der Waals surface area contributed by atoms with E-state index in [0.29, 0.717) is 11.5 Å². The summed E-state index contributed by atoms with van der Waals surface area (Å²) in [5, 5.41) is 0. The van der Waals surface area contributed by atoms with Crippen molar-refractivity contribution in [2.45, 2.75) is 19.8 Å². The Balaban J connectivity index is 1.89. The molecule has 0 saturated heterocycles. The fourth-order valence-electron chi connectivity index (χ4n) is 1.86.